The molecule has 0 spiro atoms. The van der Waals surface area contributed by atoms with Crippen LogP contribution in [0.4, 0.5) is 4.79 Å². The van der Waals surface area contributed by atoms with Gasteiger partial charge in [0.25, 0.3) is 0 Å². The minimum absolute atomic E-state index is 0.227. The molecule has 1 aliphatic rings. The number of halogens is 2. The third kappa shape index (κ3) is 2.43. The van der Waals surface area contributed by atoms with Gasteiger partial charge in [0.15, 0.2) is 10.6 Å². The normalized spacial score (nSPS) is 25.6. The molecule has 0 aromatic rings. The molecule has 1 amide bonds. The lowest BCUT2D eigenvalue weighted by molar-refractivity contribution is 0.0111. The molecule has 0 aromatic carbocycles. The third-order valence-corrected chi connectivity index (χ3v) is 2.70. The first-order chi connectivity index (χ1) is 6.34. The number of nitrogens with zero attached hydrogens (tertiary/aromatic N) is 1. The van der Waals surface area contributed by atoms with Crippen LogP contribution in [0.25, 0.3) is 0 Å². The van der Waals surface area contributed by atoms with Crippen molar-refractivity contribution in [3.8, 4) is 0 Å². The highest BCUT2D eigenvalue weighted by molar-refractivity contribution is 6.49. The fraction of sp³-hybridized carbons (Fsp3) is 0.875. The highest BCUT2D eigenvalue weighted by atomic mass is 35.5. The molecule has 1 N–H and O–H groups in total. The topological polar surface area (TPSA) is 49.8 Å². The number of hydrogen-bond acceptors (Lipinski definition) is 3. The maximum absolute atomic E-state index is 11.4. The van der Waals surface area contributed by atoms with Crippen LogP contribution in [0.1, 0.15) is 20.3 Å². The number of ether oxygens (including phenoxy) is 1. The summed E-state index contributed by atoms with van der Waals surface area (Å²) in [7, 11) is 0. The van der Waals surface area contributed by atoms with Crippen LogP contribution in [0.5, 0.6) is 0 Å². The summed E-state index contributed by atoms with van der Waals surface area (Å²) in [5.41, 5.74) is 0. The van der Waals surface area contributed by atoms with Gasteiger partial charge >= 0.3 is 6.09 Å². The Morgan fingerprint density at radius 2 is 2.21 bits per heavy atom. The second-order valence-electron chi connectivity index (χ2n) is 3.51. The number of rotatable bonds is 1. The summed E-state index contributed by atoms with van der Waals surface area (Å²) >= 11 is 11.5. The lowest BCUT2D eigenvalue weighted by Gasteiger charge is -2.24. The van der Waals surface area contributed by atoms with E-state index in [1.807, 2.05) is 0 Å². The first kappa shape index (κ1) is 11.9. The molecule has 1 fully saturated rings. The van der Waals surface area contributed by atoms with E-state index in [1.54, 1.807) is 13.8 Å². The molecule has 0 aromatic heterocycles. The van der Waals surface area contributed by atoms with E-state index in [-0.39, 0.29) is 6.10 Å². The van der Waals surface area contributed by atoms with Crippen LogP contribution in [0, 0.1) is 0 Å². The molecule has 1 aliphatic heterocycles. The number of carbonyl (C=O) groups excluding carboxylic acids is 1. The quantitative estimate of drug-likeness (QED) is 0.712. The molecule has 14 heavy (non-hydrogen) atoms. The maximum Gasteiger partial charge on any atom is 0.412 e. The number of likely N-dealkylation sites (tertiary alicyclic amines) is 1. The van der Waals surface area contributed by atoms with Gasteiger partial charge in [0.1, 0.15) is 0 Å². The van der Waals surface area contributed by atoms with E-state index in [4.69, 9.17) is 27.9 Å². The molecule has 0 radical (unpaired) electrons. The van der Waals surface area contributed by atoms with Gasteiger partial charge in [0.05, 0.1) is 6.10 Å². The zero-order chi connectivity index (χ0) is 10.9. The number of aliphatic hydroxyl groups is 1. The second kappa shape index (κ2) is 4.13. The average molecular weight is 242 g/mol. The van der Waals surface area contributed by atoms with Crippen molar-refractivity contribution in [2.45, 2.75) is 36.9 Å². The Hall–Kier alpha value is -0.190. The summed E-state index contributed by atoms with van der Waals surface area (Å²) in [6.07, 6.45) is -1.67. The molecule has 1 unspecified atom stereocenters. The van der Waals surface area contributed by atoms with Crippen molar-refractivity contribution in [2.24, 2.45) is 0 Å². The van der Waals surface area contributed by atoms with Gasteiger partial charge in [-0.15, -0.1) is 0 Å². The predicted octanol–water partition coefficient (Wildman–Crippen LogP) is 1.73. The number of alkyl halides is 2. The maximum atomic E-state index is 11.4. The zero-order valence-electron chi connectivity index (χ0n) is 8.04. The van der Waals surface area contributed by atoms with Crippen molar-refractivity contribution in [1.29, 1.82) is 0 Å². The number of aliphatic hydroxyl groups excluding tert-OH is 1. The van der Waals surface area contributed by atoms with Crippen LogP contribution < -0.4 is 0 Å². The van der Waals surface area contributed by atoms with Gasteiger partial charge in [-0.3, -0.25) is 4.90 Å². The van der Waals surface area contributed by atoms with Crippen molar-refractivity contribution >= 4 is 29.3 Å². The molecule has 1 saturated heterocycles. The van der Waals surface area contributed by atoms with Crippen LogP contribution in [-0.4, -0.2) is 39.3 Å². The van der Waals surface area contributed by atoms with Gasteiger partial charge in [-0.05, 0) is 13.8 Å². The van der Waals surface area contributed by atoms with Gasteiger partial charge in [0.2, 0.25) is 0 Å². The van der Waals surface area contributed by atoms with Crippen LogP contribution in [0.2, 0.25) is 0 Å². The summed E-state index contributed by atoms with van der Waals surface area (Å²) in [4.78, 5) is 12.5. The highest BCUT2D eigenvalue weighted by Crippen LogP contribution is 2.37. The van der Waals surface area contributed by atoms with Crippen molar-refractivity contribution < 1.29 is 14.6 Å². The van der Waals surface area contributed by atoms with E-state index in [0.717, 1.165) is 4.90 Å². The molecule has 0 bridgehead atoms. The first-order valence-corrected chi connectivity index (χ1v) is 5.13. The van der Waals surface area contributed by atoms with Crippen molar-refractivity contribution in [3.63, 3.8) is 0 Å². The second-order valence-corrected chi connectivity index (χ2v) is 5.05. The van der Waals surface area contributed by atoms with Gasteiger partial charge in [-0.25, -0.2) is 4.79 Å². The highest BCUT2D eigenvalue weighted by Gasteiger charge is 2.46. The fourth-order valence-corrected chi connectivity index (χ4v) is 1.61. The molecule has 1 heterocycles. The number of hydrogen-bond donors (Lipinski definition) is 1. The van der Waals surface area contributed by atoms with E-state index in [1.165, 1.54) is 0 Å². The molecule has 0 aliphatic carbocycles. The van der Waals surface area contributed by atoms with Gasteiger partial charge < -0.3 is 9.84 Å². The van der Waals surface area contributed by atoms with E-state index >= 15 is 0 Å². The van der Waals surface area contributed by atoms with Gasteiger partial charge in [-0.1, -0.05) is 23.2 Å². The van der Waals surface area contributed by atoms with Crippen molar-refractivity contribution in [2.75, 3.05) is 6.54 Å². The predicted molar refractivity (Wildman–Crippen MR) is 53.4 cm³/mol. The summed E-state index contributed by atoms with van der Waals surface area (Å²) in [6, 6.07) is 0. The Labute approximate surface area is 92.7 Å². The SMILES string of the molecule is CC(C)OC(=O)N1CCC(Cl)(Cl)C1O. The van der Waals surface area contributed by atoms with E-state index in [2.05, 4.69) is 0 Å². The van der Waals surface area contributed by atoms with Crippen molar-refractivity contribution in [3.05, 3.63) is 0 Å². The minimum atomic E-state index is -1.28. The minimum Gasteiger partial charge on any atom is -0.447 e. The molecule has 1 atom stereocenters. The summed E-state index contributed by atoms with van der Waals surface area (Å²) in [6.45, 7) is 3.77. The number of amides is 1. The third-order valence-electron chi connectivity index (χ3n) is 1.93. The summed E-state index contributed by atoms with van der Waals surface area (Å²) < 4.78 is 3.63. The van der Waals surface area contributed by atoms with E-state index < -0.39 is 16.7 Å². The van der Waals surface area contributed by atoms with Gasteiger partial charge in [-0.2, -0.15) is 0 Å². The zero-order valence-corrected chi connectivity index (χ0v) is 9.55. The lowest BCUT2D eigenvalue weighted by Crippen LogP contribution is -2.42. The smallest absolute Gasteiger partial charge is 0.412 e. The Kier molecular flexibility index (Phi) is 3.50. The fourth-order valence-electron chi connectivity index (χ4n) is 1.21. The average Bonchev–Trinajstić information content (AvgIpc) is 2.26. The molecule has 6 heteroatoms. The monoisotopic (exact) mass is 241 g/mol. The summed E-state index contributed by atoms with van der Waals surface area (Å²) in [5, 5.41) is 9.56. The van der Waals surface area contributed by atoms with Crippen LogP contribution in [0.3, 0.4) is 0 Å². The Morgan fingerprint density at radius 3 is 2.57 bits per heavy atom. The van der Waals surface area contributed by atoms with Crippen LogP contribution in [-0.2, 0) is 4.74 Å². The molecular formula is C8H13Cl2NO3. The molecule has 82 valence electrons. The Bertz CT molecular complexity index is 233. The van der Waals surface area contributed by atoms with Crippen LogP contribution >= 0.6 is 23.2 Å². The molecule has 1 rings (SSSR count). The Morgan fingerprint density at radius 1 is 1.64 bits per heavy atom. The van der Waals surface area contributed by atoms with E-state index in [0.29, 0.717) is 13.0 Å². The molecule has 0 saturated carbocycles. The molecular weight excluding hydrogens is 229 g/mol. The van der Waals surface area contributed by atoms with Crippen molar-refractivity contribution in [1.82, 2.24) is 4.90 Å². The first-order valence-electron chi connectivity index (χ1n) is 4.38. The summed E-state index contributed by atoms with van der Waals surface area (Å²) in [5.74, 6) is 0. The van der Waals surface area contributed by atoms with Crippen LogP contribution in [0.15, 0.2) is 0 Å². The van der Waals surface area contributed by atoms with Gasteiger partial charge in [0, 0.05) is 13.0 Å². The lowest BCUT2D eigenvalue weighted by atomic mass is 10.3. The largest absolute Gasteiger partial charge is 0.447 e. The standard InChI is InChI=1S/C8H13Cl2NO3/c1-5(2)14-7(13)11-4-3-8(9,10)6(11)12/h5-6,12H,3-4H2,1-2H3. The van der Waals surface area contributed by atoms with E-state index in [9.17, 15) is 9.90 Å². The molecule has 4 nitrogen and oxygen atoms in total. The number of carbonyl (C=O) groups is 1. The Balaban J connectivity index is 2.59.